The first-order valence-corrected chi connectivity index (χ1v) is 5.77. The summed E-state index contributed by atoms with van der Waals surface area (Å²) in [6, 6.07) is 0. The Balaban J connectivity index is 0.000001000. The molecule has 1 heterocycles. The second-order valence-corrected chi connectivity index (χ2v) is 3.85. The van der Waals surface area contributed by atoms with E-state index in [1.54, 1.807) is 0 Å². The molecule has 1 saturated heterocycles. The minimum absolute atomic E-state index is 0. The van der Waals surface area contributed by atoms with Gasteiger partial charge in [0.15, 0.2) is 0 Å². The number of hydrogen-bond donors (Lipinski definition) is 0. The fourth-order valence-electron chi connectivity index (χ4n) is 1.39. The third kappa shape index (κ3) is 4.15. The average molecular weight is 310 g/mol. The summed E-state index contributed by atoms with van der Waals surface area (Å²) in [6.07, 6.45) is 2.66. The van der Waals surface area contributed by atoms with Crippen molar-refractivity contribution in [3.05, 3.63) is 0 Å². The average Bonchev–Trinajstić information content (AvgIpc) is 2.05. The highest BCUT2D eigenvalue weighted by molar-refractivity contribution is 14.1. The Morgan fingerprint density at radius 2 is 2.27 bits per heavy atom. The summed E-state index contributed by atoms with van der Waals surface area (Å²) in [6.45, 7) is 2.49. The van der Waals surface area contributed by atoms with Gasteiger partial charge in [-0.25, -0.2) is 0 Å². The fraction of sp³-hybridized carbons (Fsp3) is 1.00. The van der Waals surface area contributed by atoms with E-state index in [-0.39, 0.29) is 12.4 Å². The lowest BCUT2D eigenvalue weighted by Crippen LogP contribution is -2.34. The quantitative estimate of drug-likeness (QED) is 0.431. The van der Waals surface area contributed by atoms with Crippen LogP contribution >= 0.6 is 46.6 Å². The predicted octanol–water partition coefficient (Wildman–Crippen LogP) is 2.75. The van der Waals surface area contributed by atoms with Gasteiger partial charge in [0.1, 0.15) is 0 Å². The van der Waals surface area contributed by atoms with Gasteiger partial charge in [-0.1, -0.05) is 22.6 Å². The smallest absolute Gasteiger partial charge is 0.0505 e. The highest BCUT2D eigenvalue weighted by atomic mass is 127. The van der Waals surface area contributed by atoms with Crippen molar-refractivity contribution in [2.45, 2.75) is 12.8 Å². The summed E-state index contributed by atoms with van der Waals surface area (Å²) < 4.78 is 1.16. The molecule has 0 aromatic carbocycles. The van der Waals surface area contributed by atoms with Crippen molar-refractivity contribution < 1.29 is 0 Å². The van der Waals surface area contributed by atoms with Gasteiger partial charge in [-0.05, 0) is 25.3 Å². The second-order valence-electron chi connectivity index (χ2n) is 2.86. The SMILES string of the molecule is Cl.ClCC1CCCN(CI)C1. The molecule has 0 aromatic heterocycles. The Bertz CT molecular complexity index is 92.4. The molecular formula is C7H14Cl2IN. The highest BCUT2D eigenvalue weighted by Crippen LogP contribution is 2.17. The molecule has 11 heavy (non-hydrogen) atoms. The molecule has 0 aliphatic carbocycles. The molecule has 0 radical (unpaired) electrons. The molecule has 1 fully saturated rings. The minimum atomic E-state index is 0. The summed E-state index contributed by atoms with van der Waals surface area (Å²) in [4.78, 5) is 2.47. The standard InChI is InChI=1S/C7H13ClIN.ClH/c8-4-7-2-1-3-10(5-7)6-9;/h7H,1-6H2;1H. The first kappa shape index (κ1) is 12.3. The van der Waals surface area contributed by atoms with E-state index in [1.807, 2.05) is 0 Å². The Morgan fingerprint density at radius 1 is 1.55 bits per heavy atom. The summed E-state index contributed by atoms with van der Waals surface area (Å²) in [5, 5.41) is 0. The topological polar surface area (TPSA) is 3.24 Å². The molecule has 4 heteroatoms. The zero-order valence-corrected chi connectivity index (χ0v) is 10.2. The van der Waals surface area contributed by atoms with Gasteiger partial charge in [-0.3, -0.25) is 4.90 Å². The molecule has 0 bridgehead atoms. The van der Waals surface area contributed by atoms with Crippen molar-refractivity contribution in [3.8, 4) is 0 Å². The molecule has 1 atom stereocenters. The van der Waals surface area contributed by atoms with Crippen LogP contribution in [-0.4, -0.2) is 28.4 Å². The molecule has 1 unspecified atom stereocenters. The van der Waals surface area contributed by atoms with Gasteiger partial charge in [0, 0.05) is 12.4 Å². The van der Waals surface area contributed by atoms with Gasteiger partial charge < -0.3 is 0 Å². The van der Waals surface area contributed by atoms with Crippen LogP contribution in [0.5, 0.6) is 0 Å². The summed E-state index contributed by atoms with van der Waals surface area (Å²) in [5.41, 5.74) is 0. The maximum atomic E-state index is 5.77. The summed E-state index contributed by atoms with van der Waals surface area (Å²) >= 11 is 8.19. The molecule has 0 saturated carbocycles. The molecule has 0 spiro atoms. The van der Waals surface area contributed by atoms with Gasteiger partial charge in [-0.2, -0.15) is 0 Å². The third-order valence-corrected chi connectivity index (χ3v) is 3.39. The Hall–Kier alpha value is 1.27. The monoisotopic (exact) mass is 309 g/mol. The van der Waals surface area contributed by atoms with Crippen LogP contribution in [0.3, 0.4) is 0 Å². The number of likely N-dealkylation sites (tertiary alicyclic amines) is 1. The van der Waals surface area contributed by atoms with E-state index in [0.717, 1.165) is 16.3 Å². The largest absolute Gasteiger partial charge is 0.294 e. The second kappa shape index (κ2) is 6.75. The molecule has 0 amide bonds. The zero-order chi connectivity index (χ0) is 7.40. The lowest BCUT2D eigenvalue weighted by Gasteiger charge is -2.29. The van der Waals surface area contributed by atoms with E-state index in [0.29, 0.717) is 0 Å². The molecule has 1 nitrogen and oxygen atoms in total. The molecular weight excluding hydrogens is 296 g/mol. The lowest BCUT2D eigenvalue weighted by atomic mass is 10.0. The Labute approximate surface area is 93.4 Å². The van der Waals surface area contributed by atoms with Crippen LogP contribution in [0, 0.1) is 5.92 Å². The highest BCUT2D eigenvalue weighted by Gasteiger charge is 2.17. The number of halogens is 3. The van der Waals surface area contributed by atoms with Crippen molar-refractivity contribution in [1.82, 2.24) is 4.90 Å². The van der Waals surface area contributed by atoms with Crippen LogP contribution in [0.4, 0.5) is 0 Å². The van der Waals surface area contributed by atoms with E-state index < -0.39 is 0 Å². The number of alkyl halides is 2. The first-order valence-electron chi connectivity index (χ1n) is 3.71. The van der Waals surface area contributed by atoms with Crippen LogP contribution in [0.1, 0.15) is 12.8 Å². The number of nitrogens with zero attached hydrogens (tertiary/aromatic N) is 1. The van der Waals surface area contributed by atoms with Crippen molar-refractivity contribution in [2.75, 3.05) is 23.5 Å². The summed E-state index contributed by atoms with van der Waals surface area (Å²) in [5.74, 6) is 1.60. The maximum Gasteiger partial charge on any atom is 0.0505 e. The van der Waals surface area contributed by atoms with Crippen LogP contribution in [0.2, 0.25) is 0 Å². The van der Waals surface area contributed by atoms with Gasteiger partial charge in [0.25, 0.3) is 0 Å². The molecule has 0 N–H and O–H groups in total. The molecule has 1 aliphatic heterocycles. The van der Waals surface area contributed by atoms with E-state index >= 15 is 0 Å². The van der Waals surface area contributed by atoms with Gasteiger partial charge in [-0.15, -0.1) is 24.0 Å². The van der Waals surface area contributed by atoms with Crippen LogP contribution in [0.25, 0.3) is 0 Å². The molecule has 0 aromatic rings. The zero-order valence-electron chi connectivity index (χ0n) is 6.43. The van der Waals surface area contributed by atoms with Crippen molar-refractivity contribution >= 4 is 46.6 Å². The lowest BCUT2D eigenvalue weighted by molar-refractivity contribution is 0.219. The molecule has 1 rings (SSSR count). The van der Waals surface area contributed by atoms with Gasteiger partial charge >= 0.3 is 0 Å². The number of hydrogen-bond acceptors (Lipinski definition) is 1. The van der Waals surface area contributed by atoms with E-state index in [1.165, 1.54) is 25.9 Å². The third-order valence-electron chi connectivity index (χ3n) is 1.99. The Kier molecular flexibility index (Phi) is 7.53. The van der Waals surface area contributed by atoms with Crippen molar-refractivity contribution in [1.29, 1.82) is 0 Å². The molecule has 1 aliphatic rings. The Morgan fingerprint density at radius 3 is 2.82 bits per heavy atom. The summed E-state index contributed by atoms with van der Waals surface area (Å²) in [7, 11) is 0. The minimum Gasteiger partial charge on any atom is -0.294 e. The van der Waals surface area contributed by atoms with Gasteiger partial charge in [0.2, 0.25) is 0 Å². The van der Waals surface area contributed by atoms with Crippen molar-refractivity contribution in [3.63, 3.8) is 0 Å². The number of piperidine rings is 1. The van der Waals surface area contributed by atoms with Crippen LogP contribution < -0.4 is 0 Å². The van der Waals surface area contributed by atoms with E-state index in [4.69, 9.17) is 11.6 Å². The normalized spacial score (nSPS) is 26.2. The van der Waals surface area contributed by atoms with Gasteiger partial charge in [0.05, 0.1) is 4.55 Å². The molecule has 68 valence electrons. The maximum absolute atomic E-state index is 5.77. The van der Waals surface area contributed by atoms with E-state index in [2.05, 4.69) is 27.5 Å². The van der Waals surface area contributed by atoms with E-state index in [9.17, 15) is 0 Å². The predicted molar refractivity (Wildman–Crippen MR) is 61.2 cm³/mol. The first-order chi connectivity index (χ1) is 4.86. The van der Waals surface area contributed by atoms with Crippen molar-refractivity contribution in [2.24, 2.45) is 5.92 Å². The van der Waals surface area contributed by atoms with Crippen LogP contribution in [0.15, 0.2) is 0 Å². The number of rotatable bonds is 2. The van der Waals surface area contributed by atoms with Crippen LogP contribution in [-0.2, 0) is 0 Å². The fourth-order valence-corrected chi connectivity index (χ4v) is 2.26.